The molecule has 170 valence electrons. The van der Waals surface area contributed by atoms with Crippen LogP contribution in [0.2, 0.25) is 0 Å². The van der Waals surface area contributed by atoms with E-state index >= 15 is 0 Å². The average molecular weight is 447 g/mol. The van der Waals surface area contributed by atoms with E-state index in [0.717, 1.165) is 16.7 Å². The van der Waals surface area contributed by atoms with Gasteiger partial charge < -0.3 is 25.0 Å². The number of hydrogen-bond acceptors (Lipinski definition) is 7. The Bertz CT molecular complexity index is 1230. The van der Waals surface area contributed by atoms with Crippen LogP contribution in [0.3, 0.4) is 0 Å². The van der Waals surface area contributed by atoms with E-state index in [1.165, 1.54) is 6.33 Å². The Balaban J connectivity index is 1.96. The van der Waals surface area contributed by atoms with Crippen molar-refractivity contribution in [1.82, 2.24) is 19.4 Å². The number of morpholine rings is 1. The van der Waals surface area contributed by atoms with Crippen LogP contribution >= 0.6 is 0 Å². The van der Waals surface area contributed by atoms with Gasteiger partial charge in [0.2, 0.25) is 0 Å². The van der Waals surface area contributed by atoms with E-state index in [4.69, 9.17) is 10.5 Å². The smallest absolute Gasteiger partial charge is 0.264 e. The van der Waals surface area contributed by atoms with Crippen molar-refractivity contribution in [3.05, 3.63) is 47.4 Å². The van der Waals surface area contributed by atoms with E-state index in [1.807, 2.05) is 35.8 Å². The fraction of sp³-hybridized carbons (Fsp3) is 0.333. The number of nitrogen functional groups attached to an aromatic ring is 1. The van der Waals surface area contributed by atoms with Crippen molar-refractivity contribution in [3.63, 3.8) is 0 Å². The summed E-state index contributed by atoms with van der Waals surface area (Å²) in [6, 6.07) is 10.0. The lowest BCUT2D eigenvalue weighted by Crippen LogP contribution is -2.41. The first-order valence-corrected chi connectivity index (χ1v) is 10.8. The van der Waals surface area contributed by atoms with E-state index in [-0.39, 0.29) is 18.1 Å². The molecule has 0 unspecified atom stereocenters. The van der Waals surface area contributed by atoms with Gasteiger partial charge in [0.25, 0.3) is 5.91 Å². The standard InChI is InChI=1S/C24H26N6O3/c1-16-3-5-17(6-4-16)20-19(13-18(14-25)24(32)29-8-11-33-12-9-29)30(7-2-10-31)23-21(20)22(26)27-15-28-23/h3-6,13,15,31H,2,7-12H2,1H3,(H2,26,27,28)/b18-13-. The number of hydrogen-bond donors (Lipinski definition) is 2. The van der Waals surface area contributed by atoms with Gasteiger partial charge in [-0.25, -0.2) is 9.97 Å². The monoisotopic (exact) mass is 446 g/mol. The van der Waals surface area contributed by atoms with E-state index in [9.17, 15) is 15.2 Å². The zero-order chi connectivity index (χ0) is 23.4. The highest BCUT2D eigenvalue weighted by molar-refractivity contribution is 6.08. The summed E-state index contributed by atoms with van der Waals surface area (Å²) in [6.45, 7) is 4.20. The zero-order valence-electron chi connectivity index (χ0n) is 18.5. The van der Waals surface area contributed by atoms with Crippen LogP contribution in [0.15, 0.2) is 36.2 Å². The number of aliphatic hydroxyl groups excluding tert-OH is 1. The maximum atomic E-state index is 13.1. The minimum atomic E-state index is -0.339. The molecule has 1 fully saturated rings. The summed E-state index contributed by atoms with van der Waals surface area (Å²) < 4.78 is 7.22. The van der Waals surface area contributed by atoms with Crippen molar-refractivity contribution in [3.8, 4) is 17.2 Å². The molecule has 0 aliphatic carbocycles. The van der Waals surface area contributed by atoms with Crippen molar-refractivity contribution in [1.29, 1.82) is 5.26 Å². The Morgan fingerprint density at radius 3 is 2.67 bits per heavy atom. The van der Waals surface area contributed by atoms with Gasteiger partial charge >= 0.3 is 0 Å². The first kappa shape index (κ1) is 22.5. The van der Waals surface area contributed by atoms with Crippen molar-refractivity contribution in [2.24, 2.45) is 0 Å². The molecule has 9 nitrogen and oxygen atoms in total. The van der Waals surface area contributed by atoms with Crippen LogP contribution in [0.5, 0.6) is 0 Å². The number of nitrogens with two attached hydrogens (primary N) is 1. The molecule has 0 radical (unpaired) electrons. The molecule has 0 saturated carbocycles. The lowest BCUT2D eigenvalue weighted by Gasteiger charge is -2.26. The van der Waals surface area contributed by atoms with E-state index < -0.39 is 0 Å². The number of carbonyl (C=O) groups is 1. The van der Waals surface area contributed by atoms with Gasteiger partial charge in [0.05, 0.1) is 24.3 Å². The normalized spacial score (nSPS) is 14.5. The van der Waals surface area contributed by atoms with Crippen molar-refractivity contribution >= 4 is 28.8 Å². The molecule has 3 N–H and O–H groups in total. The minimum Gasteiger partial charge on any atom is -0.396 e. The zero-order valence-corrected chi connectivity index (χ0v) is 18.5. The predicted octanol–water partition coefficient (Wildman–Crippen LogP) is 2.14. The Labute approximate surface area is 191 Å². The molecule has 33 heavy (non-hydrogen) atoms. The SMILES string of the molecule is Cc1ccc(-c2c(/C=C(/C#N)C(=O)N3CCOCC3)n(CCCO)c3ncnc(N)c23)cc1. The van der Waals surface area contributed by atoms with Gasteiger partial charge in [0.15, 0.2) is 0 Å². The molecule has 1 aliphatic heterocycles. The van der Waals surface area contributed by atoms with E-state index in [1.54, 1.807) is 11.0 Å². The topological polar surface area (TPSA) is 130 Å². The van der Waals surface area contributed by atoms with Crippen LogP contribution in [0.25, 0.3) is 28.2 Å². The fourth-order valence-corrected chi connectivity index (χ4v) is 4.04. The number of aryl methyl sites for hydroxylation is 2. The largest absolute Gasteiger partial charge is 0.396 e. The molecule has 3 aromatic rings. The average Bonchev–Trinajstić information content (AvgIpc) is 3.15. The van der Waals surface area contributed by atoms with Crippen molar-refractivity contribution in [2.75, 3.05) is 38.6 Å². The lowest BCUT2D eigenvalue weighted by atomic mass is 10.00. The molecular formula is C24H26N6O3. The summed E-state index contributed by atoms with van der Waals surface area (Å²) in [5.41, 5.74) is 10.3. The second-order valence-corrected chi connectivity index (χ2v) is 7.89. The third-order valence-electron chi connectivity index (χ3n) is 5.72. The number of aromatic nitrogens is 3. The fourth-order valence-electron chi connectivity index (χ4n) is 4.04. The van der Waals surface area contributed by atoms with Crippen LogP contribution in [-0.2, 0) is 16.1 Å². The van der Waals surface area contributed by atoms with Gasteiger partial charge in [-0.2, -0.15) is 5.26 Å². The first-order chi connectivity index (χ1) is 16.0. The number of nitriles is 1. The van der Waals surface area contributed by atoms with Crippen molar-refractivity contribution in [2.45, 2.75) is 19.9 Å². The van der Waals surface area contributed by atoms with Crippen LogP contribution in [-0.4, -0.2) is 63.4 Å². The summed E-state index contributed by atoms with van der Waals surface area (Å²) >= 11 is 0. The molecule has 1 aromatic carbocycles. The summed E-state index contributed by atoms with van der Waals surface area (Å²) in [6.07, 6.45) is 3.47. The molecule has 2 aromatic heterocycles. The molecule has 0 spiro atoms. The number of rotatable bonds is 6. The lowest BCUT2D eigenvalue weighted by molar-refractivity contribution is -0.130. The maximum absolute atomic E-state index is 13.1. The number of ether oxygens (including phenoxy) is 1. The number of aliphatic hydroxyl groups is 1. The van der Waals surface area contributed by atoms with Crippen LogP contribution in [0, 0.1) is 18.3 Å². The third kappa shape index (κ3) is 4.44. The van der Waals surface area contributed by atoms with E-state index in [0.29, 0.717) is 61.8 Å². The number of fused-ring (bicyclic) bond motifs is 1. The highest BCUT2D eigenvalue weighted by atomic mass is 16.5. The molecule has 0 atom stereocenters. The van der Waals surface area contributed by atoms with Crippen LogP contribution in [0.1, 0.15) is 17.7 Å². The Hall–Kier alpha value is -3.74. The summed E-state index contributed by atoms with van der Waals surface area (Å²) in [4.78, 5) is 23.4. The second-order valence-electron chi connectivity index (χ2n) is 7.89. The molecule has 1 amide bonds. The highest BCUT2D eigenvalue weighted by Gasteiger charge is 2.25. The minimum absolute atomic E-state index is 0.0128. The molecule has 4 rings (SSSR count). The highest BCUT2D eigenvalue weighted by Crippen LogP contribution is 2.38. The molecule has 1 aliphatic rings. The van der Waals surface area contributed by atoms with Gasteiger partial charge in [-0.1, -0.05) is 29.8 Å². The van der Waals surface area contributed by atoms with Gasteiger partial charge in [-0.3, -0.25) is 4.79 Å². The Morgan fingerprint density at radius 1 is 1.27 bits per heavy atom. The Kier molecular flexibility index (Phi) is 6.68. The molecule has 1 saturated heterocycles. The van der Waals surface area contributed by atoms with Crippen molar-refractivity contribution < 1.29 is 14.6 Å². The van der Waals surface area contributed by atoms with Gasteiger partial charge in [0, 0.05) is 31.8 Å². The molecule has 9 heteroatoms. The second kappa shape index (κ2) is 9.81. The number of benzene rings is 1. The van der Waals surface area contributed by atoms with Gasteiger partial charge in [-0.15, -0.1) is 0 Å². The summed E-state index contributed by atoms with van der Waals surface area (Å²) in [5, 5.41) is 20.0. The molecule has 0 bridgehead atoms. The van der Waals surface area contributed by atoms with Gasteiger partial charge in [-0.05, 0) is 25.0 Å². The number of anilines is 1. The first-order valence-electron chi connectivity index (χ1n) is 10.8. The number of carbonyl (C=O) groups excluding carboxylic acids is 1. The Morgan fingerprint density at radius 2 is 2.00 bits per heavy atom. The van der Waals surface area contributed by atoms with Crippen LogP contribution < -0.4 is 5.73 Å². The quantitative estimate of drug-likeness (QED) is 0.438. The third-order valence-corrected chi connectivity index (χ3v) is 5.72. The summed E-state index contributed by atoms with van der Waals surface area (Å²) in [5.74, 6) is -0.0281. The predicted molar refractivity (Wildman–Crippen MR) is 125 cm³/mol. The maximum Gasteiger partial charge on any atom is 0.264 e. The van der Waals surface area contributed by atoms with Gasteiger partial charge in [0.1, 0.15) is 29.4 Å². The number of nitrogens with zero attached hydrogens (tertiary/aromatic N) is 5. The molecular weight excluding hydrogens is 420 g/mol. The number of amides is 1. The summed E-state index contributed by atoms with van der Waals surface area (Å²) in [7, 11) is 0. The van der Waals surface area contributed by atoms with Crippen LogP contribution in [0.4, 0.5) is 5.82 Å². The molecule has 3 heterocycles. The van der Waals surface area contributed by atoms with E-state index in [2.05, 4.69) is 16.0 Å².